The van der Waals surface area contributed by atoms with Crippen LogP contribution in [0.15, 0.2) is 18.2 Å². The van der Waals surface area contributed by atoms with E-state index in [0.717, 1.165) is 0 Å². The lowest BCUT2D eigenvalue weighted by Crippen LogP contribution is -2.52. The van der Waals surface area contributed by atoms with Gasteiger partial charge in [0.2, 0.25) is 5.78 Å². The Morgan fingerprint density at radius 2 is 1.84 bits per heavy atom. The lowest BCUT2D eigenvalue weighted by molar-refractivity contribution is -0.248. The maximum Gasteiger partial charge on any atom is 0.202 e. The smallest absolute Gasteiger partial charge is 0.202 e. The van der Waals surface area contributed by atoms with Crippen molar-refractivity contribution >= 4 is 11.6 Å². The molecule has 0 spiro atoms. The quantitative estimate of drug-likeness (QED) is 0.257. The van der Waals surface area contributed by atoms with E-state index in [4.69, 9.17) is 19.9 Å². The standard InChI is InChI=1S/C27H31NO10/c1-11-22(30)14(28)8-17(37-11)38-16-10-27(35,6-7-29)9-13-19(16)26(34)21-20(24(13)32)23(31)12-4-3-5-15(36-2)18(12)25(21)33/h3-5,11,14,16-17,22,29-30,32,34-35H,6-10,28H2,1-2H3. The average Bonchev–Trinajstić information content (AvgIpc) is 2.87. The molecule has 38 heavy (non-hydrogen) atoms. The number of carbonyl (C=O) groups excluding carboxylic acids is 2. The van der Waals surface area contributed by atoms with Crippen molar-refractivity contribution in [3.05, 3.63) is 51.6 Å². The Morgan fingerprint density at radius 3 is 2.50 bits per heavy atom. The number of ketones is 2. The van der Waals surface area contributed by atoms with Gasteiger partial charge in [0, 0.05) is 48.6 Å². The molecule has 0 radical (unpaired) electrons. The summed E-state index contributed by atoms with van der Waals surface area (Å²) in [6.45, 7) is 1.26. The number of ether oxygens (including phenoxy) is 3. The highest BCUT2D eigenvalue weighted by atomic mass is 16.7. The van der Waals surface area contributed by atoms with Crippen LogP contribution in [-0.2, 0) is 15.9 Å². The topological polar surface area (TPSA) is 189 Å². The first-order chi connectivity index (χ1) is 18.0. The molecule has 7 N–H and O–H groups in total. The van der Waals surface area contributed by atoms with Crippen LogP contribution in [0.3, 0.4) is 0 Å². The number of aliphatic hydroxyl groups is 3. The Morgan fingerprint density at radius 1 is 1.13 bits per heavy atom. The molecule has 2 aromatic carbocycles. The van der Waals surface area contributed by atoms with E-state index < -0.39 is 59.3 Å². The molecule has 204 valence electrons. The van der Waals surface area contributed by atoms with Gasteiger partial charge in [-0.2, -0.15) is 0 Å². The van der Waals surface area contributed by atoms with Crippen LogP contribution < -0.4 is 10.5 Å². The number of methoxy groups -OCH3 is 1. The van der Waals surface area contributed by atoms with Gasteiger partial charge < -0.3 is 45.5 Å². The van der Waals surface area contributed by atoms with Crippen LogP contribution in [0.2, 0.25) is 0 Å². The van der Waals surface area contributed by atoms with Crippen LogP contribution in [0.25, 0.3) is 0 Å². The second-order valence-corrected chi connectivity index (χ2v) is 10.2. The van der Waals surface area contributed by atoms with Crippen LogP contribution in [-0.4, -0.2) is 81.0 Å². The van der Waals surface area contributed by atoms with Gasteiger partial charge >= 0.3 is 0 Å². The largest absolute Gasteiger partial charge is 0.507 e. The van der Waals surface area contributed by atoms with Crippen LogP contribution in [0.4, 0.5) is 0 Å². The van der Waals surface area contributed by atoms with Gasteiger partial charge in [-0.3, -0.25) is 9.59 Å². The van der Waals surface area contributed by atoms with Crippen molar-refractivity contribution in [3.63, 3.8) is 0 Å². The van der Waals surface area contributed by atoms with E-state index in [1.807, 2.05) is 0 Å². The van der Waals surface area contributed by atoms with E-state index in [-0.39, 0.29) is 71.4 Å². The number of fused-ring (bicyclic) bond motifs is 3. The predicted molar refractivity (Wildman–Crippen MR) is 131 cm³/mol. The van der Waals surface area contributed by atoms with E-state index in [1.165, 1.54) is 19.2 Å². The lowest BCUT2D eigenvalue weighted by Gasteiger charge is -2.42. The zero-order chi connectivity index (χ0) is 27.5. The van der Waals surface area contributed by atoms with Gasteiger partial charge in [-0.25, -0.2) is 0 Å². The number of hydrogen-bond acceptors (Lipinski definition) is 11. The fraction of sp³-hybridized carbons (Fsp3) is 0.481. The van der Waals surface area contributed by atoms with Crippen molar-refractivity contribution in [3.8, 4) is 17.2 Å². The predicted octanol–water partition coefficient (Wildman–Crippen LogP) is 0.822. The molecular formula is C27H31NO10. The molecule has 6 unspecified atom stereocenters. The number of carbonyl (C=O) groups is 2. The fourth-order valence-corrected chi connectivity index (χ4v) is 5.86. The molecule has 2 aliphatic carbocycles. The van der Waals surface area contributed by atoms with Gasteiger partial charge in [-0.15, -0.1) is 0 Å². The molecule has 0 aromatic heterocycles. The van der Waals surface area contributed by atoms with Crippen molar-refractivity contribution in [1.82, 2.24) is 0 Å². The third kappa shape index (κ3) is 4.06. The molecule has 0 bridgehead atoms. The number of hydrogen-bond donors (Lipinski definition) is 6. The summed E-state index contributed by atoms with van der Waals surface area (Å²) in [6, 6.07) is 3.84. The van der Waals surface area contributed by atoms with Gasteiger partial charge in [-0.1, -0.05) is 12.1 Å². The highest BCUT2D eigenvalue weighted by molar-refractivity contribution is 6.31. The third-order valence-electron chi connectivity index (χ3n) is 7.80. The maximum atomic E-state index is 13.6. The summed E-state index contributed by atoms with van der Waals surface area (Å²) in [7, 11) is 1.35. The van der Waals surface area contributed by atoms with Crippen LogP contribution >= 0.6 is 0 Å². The number of nitrogens with two attached hydrogens (primary N) is 1. The summed E-state index contributed by atoms with van der Waals surface area (Å²) in [4.78, 5) is 27.1. The van der Waals surface area contributed by atoms with Crippen molar-refractivity contribution in [1.29, 1.82) is 0 Å². The highest BCUT2D eigenvalue weighted by Crippen LogP contribution is 2.52. The molecule has 1 fully saturated rings. The second-order valence-electron chi connectivity index (χ2n) is 10.2. The van der Waals surface area contributed by atoms with E-state index in [0.29, 0.717) is 0 Å². The van der Waals surface area contributed by atoms with E-state index in [1.54, 1.807) is 13.0 Å². The van der Waals surface area contributed by atoms with Crippen LogP contribution in [0.5, 0.6) is 17.2 Å². The second kappa shape index (κ2) is 9.60. The molecular weight excluding hydrogens is 498 g/mol. The Kier molecular flexibility index (Phi) is 6.70. The maximum absolute atomic E-state index is 13.6. The highest BCUT2D eigenvalue weighted by Gasteiger charge is 2.47. The SMILES string of the molecule is COc1cccc2c1C(=O)c1c(O)c3c(c(O)c1C2=O)CC(O)(CCO)CC3OC1CC(N)C(O)C(C)O1. The Labute approximate surface area is 218 Å². The minimum absolute atomic E-state index is 0.0165. The number of benzene rings is 2. The number of aliphatic hydroxyl groups excluding tert-OH is 2. The summed E-state index contributed by atoms with van der Waals surface area (Å²) < 4.78 is 17.2. The summed E-state index contributed by atoms with van der Waals surface area (Å²) in [5, 5.41) is 53.9. The molecule has 3 aliphatic rings. The van der Waals surface area contributed by atoms with E-state index >= 15 is 0 Å². The normalized spacial score (nSPS) is 30.4. The van der Waals surface area contributed by atoms with E-state index in [9.17, 15) is 35.1 Å². The number of aromatic hydroxyl groups is 2. The Hall–Kier alpha value is -3.06. The molecule has 2 aromatic rings. The third-order valence-corrected chi connectivity index (χ3v) is 7.80. The Balaban J connectivity index is 1.66. The van der Waals surface area contributed by atoms with Crippen molar-refractivity contribution in [2.24, 2.45) is 5.73 Å². The first-order valence-corrected chi connectivity index (χ1v) is 12.5. The monoisotopic (exact) mass is 529 g/mol. The zero-order valence-electron chi connectivity index (χ0n) is 21.0. The number of phenolic OH excluding ortho intramolecular Hbond substituents is 2. The first-order valence-electron chi connectivity index (χ1n) is 12.5. The van der Waals surface area contributed by atoms with Crippen molar-refractivity contribution in [2.75, 3.05) is 13.7 Å². The minimum atomic E-state index is -1.56. The van der Waals surface area contributed by atoms with E-state index in [2.05, 4.69) is 0 Å². The Bertz CT molecular complexity index is 1300. The van der Waals surface area contributed by atoms with Gasteiger partial charge in [-0.05, 0) is 19.4 Å². The fourth-order valence-electron chi connectivity index (χ4n) is 5.86. The molecule has 11 nitrogen and oxygen atoms in total. The lowest BCUT2D eigenvalue weighted by atomic mass is 9.72. The van der Waals surface area contributed by atoms with Crippen molar-refractivity contribution in [2.45, 2.75) is 68.9 Å². The molecule has 11 heteroatoms. The molecule has 0 amide bonds. The molecule has 0 saturated carbocycles. The summed E-state index contributed by atoms with van der Waals surface area (Å²) in [5.41, 5.74) is 3.79. The summed E-state index contributed by atoms with van der Waals surface area (Å²) >= 11 is 0. The summed E-state index contributed by atoms with van der Waals surface area (Å²) in [5.74, 6) is -2.33. The van der Waals surface area contributed by atoms with Crippen molar-refractivity contribution < 1.29 is 49.3 Å². The molecule has 6 atom stereocenters. The van der Waals surface area contributed by atoms with Gasteiger partial charge in [0.15, 0.2) is 12.1 Å². The van der Waals surface area contributed by atoms with Crippen LogP contribution in [0, 0.1) is 0 Å². The zero-order valence-corrected chi connectivity index (χ0v) is 21.0. The van der Waals surface area contributed by atoms with Crippen LogP contribution in [0.1, 0.15) is 75.3 Å². The average molecular weight is 530 g/mol. The molecule has 1 aliphatic heterocycles. The summed E-state index contributed by atoms with van der Waals surface area (Å²) in [6.07, 6.45) is -3.89. The number of rotatable bonds is 5. The van der Waals surface area contributed by atoms with Gasteiger partial charge in [0.1, 0.15) is 17.2 Å². The minimum Gasteiger partial charge on any atom is -0.507 e. The molecule has 1 heterocycles. The molecule has 5 rings (SSSR count). The number of phenols is 2. The van der Waals surface area contributed by atoms with Gasteiger partial charge in [0.25, 0.3) is 0 Å². The van der Waals surface area contributed by atoms with Gasteiger partial charge in [0.05, 0.1) is 47.7 Å². The first kappa shape index (κ1) is 26.5. The molecule has 1 saturated heterocycles.